The van der Waals surface area contributed by atoms with E-state index in [1.54, 1.807) is 6.08 Å². The number of aromatic amines is 1. The third kappa shape index (κ3) is 7.42. The first kappa shape index (κ1) is 28.6. The number of nitrogens with one attached hydrogen (secondary N) is 4. The minimum Gasteiger partial charge on any atom is -0.361 e. The SMILES string of the molecule is C=CC[C@H](NCc1ccccc1)C(=O)N[C@@H](Cc1c[nH]c2ccccc12)C(=O)NCc1ccc(-c2ccccc2)cc1. The number of para-hydroxylation sites is 1. The maximum absolute atomic E-state index is 13.6. The zero-order chi connectivity index (χ0) is 29.1. The van der Waals surface area contributed by atoms with Crippen molar-refractivity contribution in [2.24, 2.45) is 0 Å². The van der Waals surface area contributed by atoms with Crippen molar-refractivity contribution in [3.8, 4) is 11.1 Å². The molecule has 5 rings (SSSR count). The molecule has 0 saturated heterocycles. The van der Waals surface area contributed by atoms with Crippen LogP contribution in [-0.2, 0) is 29.1 Å². The van der Waals surface area contributed by atoms with Crippen molar-refractivity contribution in [2.75, 3.05) is 0 Å². The van der Waals surface area contributed by atoms with E-state index in [1.807, 2.05) is 91.1 Å². The first-order valence-corrected chi connectivity index (χ1v) is 14.3. The Hall–Kier alpha value is -4.94. The van der Waals surface area contributed by atoms with Gasteiger partial charge in [-0.3, -0.25) is 9.59 Å². The molecule has 4 aromatic carbocycles. The molecule has 2 atom stereocenters. The van der Waals surface area contributed by atoms with Gasteiger partial charge >= 0.3 is 0 Å². The second-order valence-electron chi connectivity index (χ2n) is 10.3. The Labute approximate surface area is 246 Å². The lowest BCUT2D eigenvalue weighted by atomic mass is 10.0. The molecule has 0 radical (unpaired) electrons. The standard InChI is InChI=1S/C36H36N4O2/c1-2-11-33(37-23-26-12-5-3-6-13-26)36(42)40-34(22-30-25-38-32-17-10-9-16-31(30)32)35(41)39-24-27-18-20-29(21-19-27)28-14-7-4-8-15-28/h2-10,12-21,25,33-34,37-38H,1,11,22-24H2,(H,39,41)(H,40,42)/t33-,34-/m0/s1. The molecule has 0 fully saturated rings. The fraction of sp³-hybridized carbons (Fsp3) is 0.167. The van der Waals surface area contributed by atoms with Gasteiger partial charge in [0.25, 0.3) is 0 Å². The lowest BCUT2D eigenvalue weighted by Crippen LogP contribution is -2.53. The van der Waals surface area contributed by atoms with E-state index in [2.05, 4.69) is 51.8 Å². The summed E-state index contributed by atoms with van der Waals surface area (Å²) < 4.78 is 0. The Balaban J connectivity index is 1.29. The van der Waals surface area contributed by atoms with Gasteiger partial charge < -0.3 is 20.9 Å². The number of hydrogen-bond acceptors (Lipinski definition) is 3. The van der Waals surface area contributed by atoms with Crippen LogP contribution >= 0.6 is 0 Å². The number of benzene rings is 4. The van der Waals surface area contributed by atoms with E-state index in [1.165, 1.54) is 0 Å². The molecule has 0 unspecified atom stereocenters. The molecule has 5 aromatic rings. The largest absolute Gasteiger partial charge is 0.361 e. The number of amides is 2. The van der Waals surface area contributed by atoms with Crippen LogP contribution in [0.15, 0.2) is 128 Å². The molecular weight excluding hydrogens is 520 g/mol. The number of rotatable bonds is 13. The van der Waals surface area contributed by atoms with Gasteiger partial charge in [-0.15, -0.1) is 6.58 Å². The summed E-state index contributed by atoms with van der Waals surface area (Å²) in [6, 6.07) is 34.9. The van der Waals surface area contributed by atoms with Gasteiger partial charge in [0.1, 0.15) is 6.04 Å². The first-order chi connectivity index (χ1) is 20.6. The molecule has 0 aliphatic rings. The molecule has 1 heterocycles. The van der Waals surface area contributed by atoms with Gasteiger partial charge in [-0.1, -0.05) is 109 Å². The average molecular weight is 557 g/mol. The van der Waals surface area contributed by atoms with E-state index in [9.17, 15) is 9.59 Å². The summed E-state index contributed by atoms with van der Waals surface area (Å²) in [5.41, 5.74) is 6.28. The first-order valence-electron chi connectivity index (χ1n) is 14.3. The topological polar surface area (TPSA) is 86.0 Å². The highest BCUT2D eigenvalue weighted by molar-refractivity contribution is 5.91. The van der Waals surface area contributed by atoms with Gasteiger partial charge in [0.05, 0.1) is 6.04 Å². The smallest absolute Gasteiger partial charge is 0.243 e. The number of fused-ring (bicyclic) bond motifs is 1. The van der Waals surface area contributed by atoms with E-state index < -0.39 is 12.1 Å². The minimum absolute atomic E-state index is 0.235. The summed E-state index contributed by atoms with van der Waals surface area (Å²) in [6.45, 7) is 4.72. The van der Waals surface area contributed by atoms with Gasteiger partial charge in [-0.25, -0.2) is 0 Å². The predicted octanol–water partition coefficient (Wildman–Crippen LogP) is 5.91. The Morgan fingerprint density at radius 3 is 2.10 bits per heavy atom. The normalized spacial score (nSPS) is 12.4. The summed E-state index contributed by atoms with van der Waals surface area (Å²) in [6.07, 6.45) is 4.42. The number of aromatic nitrogens is 1. The second-order valence-corrected chi connectivity index (χ2v) is 10.3. The van der Waals surface area contributed by atoms with Crippen molar-refractivity contribution in [2.45, 2.75) is 38.0 Å². The van der Waals surface area contributed by atoms with Crippen LogP contribution in [0.25, 0.3) is 22.0 Å². The highest BCUT2D eigenvalue weighted by atomic mass is 16.2. The Morgan fingerprint density at radius 2 is 1.36 bits per heavy atom. The molecule has 42 heavy (non-hydrogen) atoms. The Kier molecular flexibility index (Phi) is 9.60. The molecule has 4 N–H and O–H groups in total. The van der Waals surface area contributed by atoms with Crippen LogP contribution in [0.2, 0.25) is 0 Å². The van der Waals surface area contributed by atoms with Gasteiger partial charge in [-0.05, 0) is 40.3 Å². The van der Waals surface area contributed by atoms with Gasteiger partial charge in [0.2, 0.25) is 11.8 Å². The van der Waals surface area contributed by atoms with Crippen LogP contribution < -0.4 is 16.0 Å². The molecule has 0 saturated carbocycles. The van der Waals surface area contributed by atoms with E-state index in [0.717, 1.165) is 38.7 Å². The molecule has 0 spiro atoms. The van der Waals surface area contributed by atoms with Gasteiger partial charge in [-0.2, -0.15) is 0 Å². The zero-order valence-corrected chi connectivity index (χ0v) is 23.6. The Morgan fingerprint density at radius 1 is 0.714 bits per heavy atom. The number of H-pyrrole nitrogens is 1. The molecular formula is C36H36N4O2. The fourth-order valence-electron chi connectivity index (χ4n) is 5.05. The van der Waals surface area contributed by atoms with Crippen molar-refractivity contribution in [1.82, 2.24) is 20.9 Å². The zero-order valence-electron chi connectivity index (χ0n) is 23.6. The lowest BCUT2D eigenvalue weighted by Gasteiger charge is -2.23. The maximum atomic E-state index is 13.6. The molecule has 6 nitrogen and oxygen atoms in total. The summed E-state index contributed by atoms with van der Waals surface area (Å²) in [5.74, 6) is -0.473. The van der Waals surface area contributed by atoms with Crippen LogP contribution in [0, 0.1) is 0 Å². The molecule has 0 aliphatic heterocycles. The van der Waals surface area contributed by atoms with Crippen molar-refractivity contribution >= 4 is 22.7 Å². The van der Waals surface area contributed by atoms with E-state index in [0.29, 0.717) is 25.9 Å². The van der Waals surface area contributed by atoms with Crippen molar-refractivity contribution in [3.63, 3.8) is 0 Å². The lowest BCUT2D eigenvalue weighted by molar-refractivity contribution is -0.130. The summed E-state index contributed by atoms with van der Waals surface area (Å²) >= 11 is 0. The number of carbonyl (C=O) groups excluding carboxylic acids is 2. The molecule has 212 valence electrons. The number of hydrogen-bond donors (Lipinski definition) is 4. The summed E-state index contributed by atoms with van der Waals surface area (Å²) in [5, 5.41) is 10.4. The third-order valence-electron chi connectivity index (χ3n) is 7.37. The van der Waals surface area contributed by atoms with Gasteiger partial charge in [0, 0.05) is 36.6 Å². The molecule has 1 aromatic heterocycles. The monoisotopic (exact) mass is 556 g/mol. The molecule has 6 heteroatoms. The second kappa shape index (κ2) is 14.1. The number of carbonyl (C=O) groups is 2. The van der Waals surface area contributed by atoms with E-state index >= 15 is 0 Å². The maximum Gasteiger partial charge on any atom is 0.243 e. The van der Waals surface area contributed by atoms with Crippen LogP contribution in [0.5, 0.6) is 0 Å². The van der Waals surface area contributed by atoms with Crippen LogP contribution in [0.4, 0.5) is 0 Å². The molecule has 2 amide bonds. The molecule has 0 bridgehead atoms. The predicted molar refractivity (Wildman–Crippen MR) is 170 cm³/mol. The summed E-state index contributed by atoms with van der Waals surface area (Å²) in [4.78, 5) is 30.4. The van der Waals surface area contributed by atoms with Crippen molar-refractivity contribution in [1.29, 1.82) is 0 Å². The quantitative estimate of drug-likeness (QED) is 0.136. The minimum atomic E-state index is -0.758. The fourth-order valence-corrected chi connectivity index (χ4v) is 5.05. The van der Waals surface area contributed by atoms with Crippen molar-refractivity contribution < 1.29 is 9.59 Å². The third-order valence-corrected chi connectivity index (χ3v) is 7.37. The summed E-state index contributed by atoms with van der Waals surface area (Å²) in [7, 11) is 0. The van der Waals surface area contributed by atoms with Crippen LogP contribution in [-0.4, -0.2) is 28.9 Å². The van der Waals surface area contributed by atoms with E-state index in [4.69, 9.17) is 0 Å². The average Bonchev–Trinajstić information content (AvgIpc) is 3.45. The molecule has 0 aliphatic carbocycles. The highest BCUT2D eigenvalue weighted by Gasteiger charge is 2.26. The van der Waals surface area contributed by atoms with Crippen LogP contribution in [0.1, 0.15) is 23.1 Å². The van der Waals surface area contributed by atoms with Crippen LogP contribution in [0.3, 0.4) is 0 Å². The van der Waals surface area contributed by atoms with Crippen molar-refractivity contribution in [3.05, 3.63) is 145 Å². The van der Waals surface area contributed by atoms with Gasteiger partial charge in [0.15, 0.2) is 0 Å². The highest BCUT2D eigenvalue weighted by Crippen LogP contribution is 2.21. The Bertz CT molecular complexity index is 1610. The van der Waals surface area contributed by atoms with E-state index in [-0.39, 0.29) is 11.8 Å².